The summed E-state index contributed by atoms with van der Waals surface area (Å²) in [5.41, 5.74) is 4.23. The number of rotatable bonds is 3. The van der Waals surface area contributed by atoms with Crippen LogP contribution in [0.2, 0.25) is 0 Å². The predicted octanol–water partition coefficient (Wildman–Crippen LogP) is 3.24. The Balaban J connectivity index is 1.62. The van der Waals surface area contributed by atoms with Gasteiger partial charge in [-0.2, -0.15) is 0 Å². The maximum atomic E-state index is 12.4. The smallest absolute Gasteiger partial charge is 0.246 e. The summed E-state index contributed by atoms with van der Waals surface area (Å²) in [6.45, 7) is 2.89. The van der Waals surface area contributed by atoms with E-state index in [0.717, 1.165) is 24.2 Å². The lowest BCUT2D eigenvalue weighted by Gasteiger charge is -2.27. The van der Waals surface area contributed by atoms with E-state index in [4.69, 9.17) is 0 Å². The molecule has 1 heterocycles. The van der Waals surface area contributed by atoms with Gasteiger partial charge in [0.25, 0.3) is 0 Å². The third-order valence-electron chi connectivity index (χ3n) is 4.09. The standard InChI is InChI=1S/C20H20N2O2/c1-15(23)21-19-9-6-16(7-10-19)8-11-20(24)22-13-12-17-4-2-3-5-18(17)14-22/h2-11H,12-14H2,1H3,(H,21,23)/b11-8+. The summed E-state index contributed by atoms with van der Waals surface area (Å²) in [6, 6.07) is 15.7. The SMILES string of the molecule is CC(=O)Nc1ccc(/C=C/C(=O)N2CCc3ccccc3C2)cc1. The first kappa shape index (κ1) is 16.0. The molecule has 0 atom stereocenters. The van der Waals surface area contributed by atoms with Crippen LogP contribution in [0.25, 0.3) is 6.08 Å². The zero-order valence-electron chi connectivity index (χ0n) is 13.7. The number of nitrogens with one attached hydrogen (secondary N) is 1. The van der Waals surface area contributed by atoms with E-state index in [-0.39, 0.29) is 11.8 Å². The Morgan fingerprint density at radius 3 is 2.46 bits per heavy atom. The van der Waals surface area contributed by atoms with Gasteiger partial charge in [-0.25, -0.2) is 0 Å². The summed E-state index contributed by atoms with van der Waals surface area (Å²) in [6.07, 6.45) is 4.32. The molecule has 0 aromatic heterocycles. The fourth-order valence-corrected chi connectivity index (χ4v) is 2.84. The van der Waals surface area contributed by atoms with Gasteiger partial charge in [0.1, 0.15) is 0 Å². The second-order valence-electron chi connectivity index (χ2n) is 5.92. The monoisotopic (exact) mass is 320 g/mol. The van der Waals surface area contributed by atoms with E-state index in [9.17, 15) is 9.59 Å². The van der Waals surface area contributed by atoms with E-state index in [2.05, 4.69) is 17.4 Å². The third-order valence-corrected chi connectivity index (χ3v) is 4.09. The van der Waals surface area contributed by atoms with Gasteiger partial charge in [-0.05, 0) is 41.3 Å². The molecule has 3 rings (SSSR count). The minimum Gasteiger partial charge on any atom is -0.334 e. The molecule has 122 valence electrons. The molecule has 0 aliphatic carbocycles. The molecule has 0 saturated heterocycles. The Morgan fingerprint density at radius 1 is 1.04 bits per heavy atom. The Hall–Kier alpha value is -2.88. The number of carbonyl (C=O) groups is 2. The highest BCUT2D eigenvalue weighted by Gasteiger charge is 2.18. The van der Waals surface area contributed by atoms with Gasteiger partial charge in [0, 0.05) is 31.8 Å². The zero-order valence-corrected chi connectivity index (χ0v) is 13.7. The molecule has 0 bridgehead atoms. The van der Waals surface area contributed by atoms with Crippen LogP contribution in [0.15, 0.2) is 54.6 Å². The molecule has 0 spiro atoms. The van der Waals surface area contributed by atoms with Crippen molar-refractivity contribution in [3.63, 3.8) is 0 Å². The normalized spacial score (nSPS) is 13.6. The van der Waals surface area contributed by atoms with E-state index in [1.807, 2.05) is 41.3 Å². The second kappa shape index (κ2) is 7.13. The van der Waals surface area contributed by atoms with E-state index in [0.29, 0.717) is 6.54 Å². The summed E-state index contributed by atoms with van der Waals surface area (Å²) in [5.74, 6) is -0.0747. The van der Waals surface area contributed by atoms with Crippen molar-refractivity contribution in [1.82, 2.24) is 4.90 Å². The lowest BCUT2D eigenvalue weighted by molar-refractivity contribution is -0.126. The first-order chi connectivity index (χ1) is 11.6. The van der Waals surface area contributed by atoms with Crippen LogP contribution in [0.1, 0.15) is 23.6 Å². The molecule has 0 radical (unpaired) electrons. The largest absolute Gasteiger partial charge is 0.334 e. The molecule has 4 nitrogen and oxygen atoms in total. The van der Waals surface area contributed by atoms with Crippen molar-refractivity contribution in [3.8, 4) is 0 Å². The summed E-state index contributed by atoms with van der Waals surface area (Å²) < 4.78 is 0. The number of benzene rings is 2. The number of anilines is 1. The zero-order chi connectivity index (χ0) is 16.9. The summed E-state index contributed by atoms with van der Waals surface area (Å²) in [7, 11) is 0. The molecule has 2 aromatic carbocycles. The molecule has 0 unspecified atom stereocenters. The van der Waals surface area contributed by atoms with Gasteiger partial charge < -0.3 is 10.2 Å². The molecule has 24 heavy (non-hydrogen) atoms. The van der Waals surface area contributed by atoms with Crippen LogP contribution in [0.3, 0.4) is 0 Å². The Morgan fingerprint density at radius 2 is 1.75 bits per heavy atom. The van der Waals surface area contributed by atoms with Gasteiger partial charge >= 0.3 is 0 Å². The van der Waals surface area contributed by atoms with Gasteiger partial charge in [-0.3, -0.25) is 9.59 Å². The highest BCUT2D eigenvalue weighted by molar-refractivity contribution is 5.92. The van der Waals surface area contributed by atoms with Crippen molar-refractivity contribution in [1.29, 1.82) is 0 Å². The number of hydrogen-bond donors (Lipinski definition) is 1. The molecule has 4 heteroatoms. The number of fused-ring (bicyclic) bond motifs is 1. The first-order valence-electron chi connectivity index (χ1n) is 8.03. The van der Waals surface area contributed by atoms with Crippen molar-refractivity contribution in [2.75, 3.05) is 11.9 Å². The quantitative estimate of drug-likeness (QED) is 0.883. The van der Waals surface area contributed by atoms with Crippen LogP contribution < -0.4 is 5.32 Å². The molecule has 0 saturated carbocycles. The Labute approximate surface area is 141 Å². The minimum absolute atomic E-state index is 0.0236. The lowest BCUT2D eigenvalue weighted by Crippen LogP contribution is -2.34. The minimum atomic E-state index is -0.0983. The van der Waals surface area contributed by atoms with Crippen LogP contribution in [-0.4, -0.2) is 23.3 Å². The molecule has 1 aliphatic rings. The molecule has 2 aromatic rings. The van der Waals surface area contributed by atoms with Crippen molar-refractivity contribution < 1.29 is 9.59 Å². The first-order valence-corrected chi connectivity index (χ1v) is 8.03. The van der Waals surface area contributed by atoms with E-state index in [1.165, 1.54) is 18.1 Å². The maximum Gasteiger partial charge on any atom is 0.246 e. The molecule has 1 N–H and O–H groups in total. The van der Waals surface area contributed by atoms with Crippen LogP contribution in [0.5, 0.6) is 0 Å². The van der Waals surface area contributed by atoms with Crippen molar-refractivity contribution in [3.05, 3.63) is 71.3 Å². The fraction of sp³-hybridized carbons (Fsp3) is 0.200. The number of carbonyl (C=O) groups excluding carboxylic acids is 2. The second-order valence-corrected chi connectivity index (χ2v) is 5.92. The van der Waals surface area contributed by atoms with Crippen LogP contribution in [0.4, 0.5) is 5.69 Å². The van der Waals surface area contributed by atoms with E-state index in [1.54, 1.807) is 12.2 Å². The summed E-state index contributed by atoms with van der Waals surface area (Å²) in [4.78, 5) is 25.2. The van der Waals surface area contributed by atoms with Gasteiger partial charge in [0.05, 0.1) is 0 Å². The van der Waals surface area contributed by atoms with Crippen molar-refractivity contribution in [2.24, 2.45) is 0 Å². The van der Waals surface area contributed by atoms with Gasteiger partial charge in [0.2, 0.25) is 11.8 Å². The maximum absolute atomic E-state index is 12.4. The van der Waals surface area contributed by atoms with Crippen LogP contribution >= 0.6 is 0 Å². The molecule has 2 amide bonds. The number of hydrogen-bond acceptors (Lipinski definition) is 2. The van der Waals surface area contributed by atoms with Gasteiger partial charge in [0.15, 0.2) is 0 Å². The van der Waals surface area contributed by atoms with Crippen LogP contribution in [0, 0.1) is 0 Å². The highest BCUT2D eigenvalue weighted by atomic mass is 16.2. The molecular formula is C20H20N2O2. The van der Waals surface area contributed by atoms with Crippen molar-refractivity contribution in [2.45, 2.75) is 19.9 Å². The van der Waals surface area contributed by atoms with Crippen LogP contribution in [-0.2, 0) is 22.6 Å². The average Bonchev–Trinajstić information content (AvgIpc) is 2.60. The van der Waals surface area contributed by atoms with Gasteiger partial charge in [-0.15, -0.1) is 0 Å². The van der Waals surface area contributed by atoms with E-state index < -0.39 is 0 Å². The Kier molecular flexibility index (Phi) is 4.75. The average molecular weight is 320 g/mol. The molecular weight excluding hydrogens is 300 g/mol. The third kappa shape index (κ3) is 3.90. The fourth-order valence-electron chi connectivity index (χ4n) is 2.84. The number of nitrogens with zero attached hydrogens (tertiary/aromatic N) is 1. The molecule has 0 fully saturated rings. The predicted molar refractivity (Wildman–Crippen MR) is 95.3 cm³/mol. The summed E-state index contributed by atoms with van der Waals surface area (Å²) in [5, 5.41) is 2.72. The van der Waals surface area contributed by atoms with Gasteiger partial charge in [-0.1, -0.05) is 36.4 Å². The lowest BCUT2D eigenvalue weighted by atomic mass is 10.00. The topological polar surface area (TPSA) is 49.4 Å². The number of amides is 2. The highest BCUT2D eigenvalue weighted by Crippen LogP contribution is 2.19. The summed E-state index contributed by atoms with van der Waals surface area (Å²) >= 11 is 0. The van der Waals surface area contributed by atoms with Crippen molar-refractivity contribution >= 4 is 23.6 Å². The molecule has 1 aliphatic heterocycles. The Bertz CT molecular complexity index is 778. The van der Waals surface area contributed by atoms with E-state index >= 15 is 0 Å².